The van der Waals surface area contributed by atoms with E-state index in [0.717, 1.165) is 17.8 Å². The van der Waals surface area contributed by atoms with Gasteiger partial charge in [0.25, 0.3) is 0 Å². The van der Waals surface area contributed by atoms with E-state index in [1.165, 1.54) is 10.6 Å². The van der Waals surface area contributed by atoms with Crippen molar-refractivity contribution in [3.63, 3.8) is 0 Å². The molecule has 0 aliphatic carbocycles. The van der Waals surface area contributed by atoms with Crippen LogP contribution >= 0.6 is 0 Å². The van der Waals surface area contributed by atoms with Gasteiger partial charge >= 0.3 is 0 Å². The summed E-state index contributed by atoms with van der Waals surface area (Å²) in [5.41, 5.74) is 2.96. The molecule has 0 aliphatic rings. The van der Waals surface area contributed by atoms with Crippen molar-refractivity contribution in [1.29, 1.82) is 0 Å². The van der Waals surface area contributed by atoms with E-state index in [4.69, 9.17) is 0 Å². The van der Waals surface area contributed by atoms with Gasteiger partial charge in [0.2, 0.25) is 0 Å². The zero-order valence-corrected chi connectivity index (χ0v) is 15.3. The van der Waals surface area contributed by atoms with Gasteiger partial charge in [0.05, 0.1) is 11.9 Å². The normalized spacial score (nSPS) is 11.1. The zero-order valence-electron chi connectivity index (χ0n) is 15.3. The van der Waals surface area contributed by atoms with Crippen LogP contribution in [-0.2, 0) is 6.54 Å². The first-order valence-corrected chi connectivity index (χ1v) is 9.05. The quantitative estimate of drug-likeness (QED) is 0.496. The molecule has 5 aromatic rings. The van der Waals surface area contributed by atoms with Gasteiger partial charge in [-0.3, -0.25) is 0 Å². The summed E-state index contributed by atoms with van der Waals surface area (Å²) in [6.45, 7) is 0.761. The minimum Gasteiger partial charge on any atom is -0.339 e. The van der Waals surface area contributed by atoms with Crippen LogP contribution in [0.1, 0.15) is 5.56 Å². The number of hydrogen-bond donors (Lipinski definition) is 1. The molecule has 0 radical (unpaired) electrons. The summed E-state index contributed by atoms with van der Waals surface area (Å²) in [5, 5.41) is 16.0. The van der Waals surface area contributed by atoms with Gasteiger partial charge < -0.3 is 9.88 Å². The Morgan fingerprint density at radius 2 is 1.79 bits per heavy atom. The standard InChI is InChI=1S/C21H16FN7/c22-18-4-2-1-3-17(18)21-26-25-20-10-9-19(27-29(20)21)24-16-7-5-15(6-8-16)13-28-12-11-23-14-28/h1-12,14H,13H2,(H,24,27). The minimum absolute atomic E-state index is 0.355. The Labute approximate surface area is 165 Å². The third-order valence-corrected chi connectivity index (χ3v) is 4.53. The molecule has 0 saturated carbocycles. The number of halogens is 1. The maximum atomic E-state index is 14.2. The van der Waals surface area contributed by atoms with Crippen molar-refractivity contribution in [2.75, 3.05) is 5.32 Å². The van der Waals surface area contributed by atoms with Crippen LogP contribution in [0.5, 0.6) is 0 Å². The topological polar surface area (TPSA) is 72.9 Å². The summed E-state index contributed by atoms with van der Waals surface area (Å²) >= 11 is 0. The number of fused-ring (bicyclic) bond motifs is 1. The number of nitrogens with one attached hydrogen (secondary N) is 1. The van der Waals surface area contributed by atoms with Crippen molar-refractivity contribution in [3.8, 4) is 11.4 Å². The maximum absolute atomic E-state index is 14.2. The molecule has 5 rings (SSSR count). The van der Waals surface area contributed by atoms with Gasteiger partial charge in [-0.1, -0.05) is 24.3 Å². The number of nitrogens with zero attached hydrogens (tertiary/aromatic N) is 6. The van der Waals surface area contributed by atoms with Crippen LogP contribution in [0.25, 0.3) is 17.0 Å². The Kier molecular flexibility index (Phi) is 4.21. The Balaban J connectivity index is 1.41. The van der Waals surface area contributed by atoms with Crippen molar-refractivity contribution in [2.24, 2.45) is 0 Å². The molecular formula is C21H16FN7. The summed E-state index contributed by atoms with van der Waals surface area (Å²) in [4.78, 5) is 4.05. The molecule has 0 saturated heterocycles. The fourth-order valence-electron chi connectivity index (χ4n) is 3.10. The summed E-state index contributed by atoms with van der Waals surface area (Å²) in [6, 6.07) is 18.1. The first kappa shape index (κ1) is 17.1. The molecular weight excluding hydrogens is 369 g/mol. The van der Waals surface area contributed by atoms with Crippen molar-refractivity contribution < 1.29 is 4.39 Å². The number of hydrogen-bond acceptors (Lipinski definition) is 5. The van der Waals surface area contributed by atoms with Crippen LogP contribution < -0.4 is 5.32 Å². The second kappa shape index (κ2) is 7.16. The first-order chi connectivity index (χ1) is 14.3. The van der Waals surface area contributed by atoms with Gasteiger partial charge in [-0.05, 0) is 42.0 Å². The molecule has 0 atom stereocenters. The lowest BCUT2D eigenvalue weighted by Crippen LogP contribution is -2.01. The van der Waals surface area contributed by atoms with Gasteiger partial charge in [-0.25, -0.2) is 9.37 Å². The summed E-state index contributed by atoms with van der Waals surface area (Å²) in [5.74, 6) is 0.602. The molecule has 0 unspecified atom stereocenters. The molecule has 0 bridgehead atoms. The molecule has 2 aromatic carbocycles. The van der Waals surface area contributed by atoms with E-state index in [0.29, 0.717) is 22.9 Å². The highest BCUT2D eigenvalue weighted by Gasteiger charge is 2.13. The highest BCUT2D eigenvalue weighted by Crippen LogP contribution is 2.22. The van der Waals surface area contributed by atoms with Gasteiger partial charge in [-0.2, -0.15) is 4.52 Å². The lowest BCUT2D eigenvalue weighted by atomic mass is 10.2. The molecule has 1 N–H and O–H groups in total. The highest BCUT2D eigenvalue weighted by atomic mass is 19.1. The van der Waals surface area contributed by atoms with Crippen LogP contribution in [0.4, 0.5) is 15.9 Å². The number of rotatable bonds is 5. The van der Waals surface area contributed by atoms with Gasteiger partial charge in [0, 0.05) is 24.6 Å². The predicted octanol–water partition coefficient (Wildman–Crippen LogP) is 3.92. The number of imidazole rings is 1. The van der Waals surface area contributed by atoms with E-state index in [-0.39, 0.29) is 5.82 Å². The molecule has 7 nitrogen and oxygen atoms in total. The predicted molar refractivity (Wildman–Crippen MR) is 107 cm³/mol. The fourth-order valence-corrected chi connectivity index (χ4v) is 3.10. The average Bonchev–Trinajstić information content (AvgIpc) is 3.40. The van der Waals surface area contributed by atoms with E-state index in [9.17, 15) is 4.39 Å². The van der Waals surface area contributed by atoms with Gasteiger partial charge in [-0.15, -0.1) is 15.3 Å². The number of aromatic nitrogens is 6. The Morgan fingerprint density at radius 1 is 0.931 bits per heavy atom. The zero-order chi connectivity index (χ0) is 19.6. The van der Waals surface area contributed by atoms with Crippen LogP contribution in [0, 0.1) is 5.82 Å². The summed E-state index contributed by atoms with van der Waals surface area (Å²) in [6.07, 6.45) is 5.48. The molecule has 8 heteroatoms. The van der Waals surface area contributed by atoms with Crippen molar-refractivity contribution in [3.05, 3.63) is 90.8 Å². The average molecular weight is 385 g/mol. The van der Waals surface area contributed by atoms with E-state index >= 15 is 0 Å². The fraction of sp³-hybridized carbons (Fsp3) is 0.0476. The Hall–Kier alpha value is -4.07. The SMILES string of the molecule is Fc1ccccc1-c1nnc2ccc(Nc3ccc(Cn4ccnc4)cc3)nn12. The van der Waals surface area contributed by atoms with E-state index in [1.54, 1.807) is 36.8 Å². The second-order valence-electron chi connectivity index (χ2n) is 6.55. The van der Waals surface area contributed by atoms with Crippen molar-refractivity contribution in [2.45, 2.75) is 6.54 Å². The van der Waals surface area contributed by atoms with Crippen LogP contribution in [0.15, 0.2) is 79.4 Å². The Morgan fingerprint density at radius 3 is 2.59 bits per heavy atom. The molecule has 142 valence electrons. The largest absolute Gasteiger partial charge is 0.339 e. The third kappa shape index (κ3) is 3.43. The van der Waals surface area contributed by atoms with Gasteiger partial charge in [0.15, 0.2) is 17.3 Å². The molecule has 29 heavy (non-hydrogen) atoms. The minimum atomic E-state index is -0.365. The van der Waals surface area contributed by atoms with E-state index in [2.05, 4.69) is 25.6 Å². The smallest absolute Gasteiger partial charge is 0.188 e. The maximum Gasteiger partial charge on any atom is 0.188 e. The van der Waals surface area contributed by atoms with Crippen LogP contribution in [0.2, 0.25) is 0 Å². The van der Waals surface area contributed by atoms with Crippen molar-refractivity contribution in [1.82, 2.24) is 29.4 Å². The summed E-state index contributed by atoms with van der Waals surface area (Å²) in [7, 11) is 0. The van der Waals surface area contributed by atoms with Gasteiger partial charge in [0.1, 0.15) is 5.82 Å². The lowest BCUT2D eigenvalue weighted by molar-refractivity contribution is 0.629. The molecule has 3 heterocycles. The lowest BCUT2D eigenvalue weighted by Gasteiger charge is -2.08. The number of benzene rings is 2. The Bertz CT molecular complexity index is 1260. The number of anilines is 2. The highest BCUT2D eigenvalue weighted by molar-refractivity contribution is 5.62. The molecule has 0 amide bonds. The second-order valence-corrected chi connectivity index (χ2v) is 6.55. The molecule has 0 fully saturated rings. The van der Waals surface area contributed by atoms with Crippen molar-refractivity contribution >= 4 is 17.2 Å². The molecule has 0 spiro atoms. The van der Waals surface area contributed by atoms with Crippen LogP contribution in [0.3, 0.4) is 0 Å². The summed E-state index contributed by atoms with van der Waals surface area (Å²) < 4.78 is 17.7. The van der Waals surface area contributed by atoms with E-state index < -0.39 is 0 Å². The molecule has 3 aromatic heterocycles. The van der Waals surface area contributed by atoms with E-state index in [1.807, 2.05) is 41.1 Å². The van der Waals surface area contributed by atoms with Crippen LogP contribution in [-0.4, -0.2) is 29.4 Å². The molecule has 0 aliphatic heterocycles. The first-order valence-electron chi connectivity index (χ1n) is 9.05. The third-order valence-electron chi connectivity index (χ3n) is 4.53. The monoisotopic (exact) mass is 385 g/mol.